The van der Waals surface area contributed by atoms with E-state index in [9.17, 15) is 27.0 Å². The minimum atomic E-state index is -4.68. The van der Waals surface area contributed by atoms with Gasteiger partial charge in [0.25, 0.3) is 0 Å². The monoisotopic (exact) mass is 345 g/mol. The third kappa shape index (κ3) is 2.71. The lowest BCUT2D eigenvalue weighted by Crippen LogP contribution is -2.31. The molecule has 0 saturated carbocycles. The van der Waals surface area contributed by atoms with E-state index in [1.807, 2.05) is 0 Å². The van der Waals surface area contributed by atoms with Crippen molar-refractivity contribution in [2.45, 2.75) is 19.7 Å². The Labute approximate surface area is 133 Å². The van der Waals surface area contributed by atoms with Crippen LogP contribution in [0.25, 0.3) is 0 Å². The predicted octanol–water partition coefficient (Wildman–Crippen LogP) is 2.70. The zero-order valence-electron chi connectivity index (χ0n) is 12.1. The SMILES string of the molecule is Cc1c(Oc2ncc(C(F)(F)F)c3c2B(O)OC3)ccc(F)c1F. The Balaban J connectivity index is 2.08. The van der Waals surface area contributed by atoms with E-state index in [1.165, 1.54) is 6.92 Å². The molecule has 24 heavy (non-hydrogen) atoms. The van der Waals surface area contributed by atoms with Crippen LogP contribution in [0.15, 0.2) is 18.3 Å². The summed E-state index contributed by atoms with van der Waals surface area (Å²) in [6.45, 7) is 0.770. The van der Waals surface area contributed by atoms with Crippen LogP contribution in [0.1, 0.15) is 16.7 Å². The van der Waals surface area contributed by atoms with Gasteiger partial charge in [0.2, 0.25) is 5.88 Å². The van der Waals surface area contributed by atoms with Gasteiger partial charge in [0.15, 0.2) is 11.6 Å². The number of halogens is 5. The Kier molecular flexibility index (Phi) is 3.96. The molecule has 3 rings (SSSR count). The van der Waals surface area contributed by atoms with Gasteiger partial charge in [-0.15, -0.1) is 0 Å². The molecule has 0 saturated heterocycles. The molecule has 1 aromatic heterocycles. The number of fused-ring (bicyclic) bond motifs is 1. The second-order valence-electron chi connectivity index (χ2n) is 5.12. The third-order valence-corrected chi connectivity index (χ3v) is 3.63. The van der Waals surface area contributed by atoms with Gasteiger partial charge in [0.1, 0.15) is 5.75 Å². The second kappa shape index (κ2) is 5.71. The molecule has 1 N–H and O–H groups in total. The average Bonchev–Trinajstić information content (AvgIpc) is 2.89. The van der Waals surface area contributed by atoms with Crippen LogP contribution in [-0.4, -0.2) is 17.1 Å². The van der Waals surface area contributed by atoms with Crippen LogP contribution in [0.2, 0.25) is 0 Å². The zero-order chi connectivity index (χ0) is 17.6. The van der Waals surface area contributed by atoms with Crippen molar-refractivity contribution < 1.29 is 36.4 Å². The van der Waals surface area contributed by atoms with Crippen LogP contribution < -0.4 is 10.2 Å². The molecular formula is C14H9BF5NO3. The fraction of sp³-hybridized carbons (Fsp3) is 0.214. The summed E-state index contributed by atoms with van der Waals surface area (Å²) in [4.78, 5) is 3.56. The van der Waals surface area contributed by atoms with Crippen molar-refractivity contribution in [3.05, 3.63) is 46.7 Å². The normalized spacial score (nSPS) is 14.0. The van der Waals surface area contributed by atoms with E-state index in [4.69, 9.17) is 9.39 Å². The van der Waals surface area contributed by atoms with Gasteiger partial charge in [-0.2, -0.15) is 13.2 Å². The number of pyridine rings is 1. The molecule has 126 valence electrons. The molecule has 2 heterocycles. The first-order valence-corrected chi connectivity index (χ1v) is 6.71. The molecule has 0 atom stereocenters. The van der Waals surface area contributed by atoms with Crippen LogP contribution in [0, 0.1) is 18.6 Å². The van der Waals surface area contributed by atoms with Crippen molar-refractivity contribution in [3.63, 3.8) is 0 Å². The van der Waals surface area contributed by atoms with Crippen LogP contribution in [-0.2, 0) is 17.4 Å². The van der Waals surface area contributed by atoms with Crippen molar-refractivity contribution >= 4 is 12.6 Å². The first-order chi connectivity index (χ1) is 11.2. The molecule has 0 fully saturated rings. The Morgan fingerprint density at radius 1 is 1.29 bits per heavy atom. The maximum absolute atomic E-state index is 13.6. The average molecular weight is 345 g/mol. The van der Waals surface area contributed by atoms with E-state index in [1.54, 1.807) is 0 Å². The van der Waals surface area contributed by atoms with E-state index in [2.05, 4.69) is 4.98 Å². The summed E-state index contributed by atoms with van der Waals surface area (Å²) in [5, 5.41) is 9.75. The van der Waals surface area contributed by atoms with E-state index in [0.717, 1.165) is 12.1 Å². The molecule has 0 unspecified atom stereocenters. The highest BCUT2D eigenvalue weighted by molar-refractivity contribution is 6.62. The molecule has 10 heteroatoms. The van der Waals surface area contributed by atoms with E-state index in [-0.39, 0.29) is 28.2 Å². The van der Waals surface area contributed by atoms with Gasteiger partial charge in [0.05, 0.1) is 17.6 Å². The minimum Gasteiger partial charge on any atom is -0.439 e. The molecule has 2 aromatic rings. The summed E-state index contributed by atoms with van der Waals surface area (Å²) in [6.07, 6.45) is -4.13. The highest BCUT2D eigenvalue weighted by Gasteiger charge is 2.42. The lowest BCUT2D eigenvalue weighted by atomic mass is 9.79. The molecular weight excluding hydrogens is 336 g/mol. The zero-order valence-corrected chi connectivity index (χ0v) is 12.1. The number of alkyl halides is 3. The van der Waals surface area contributed by atoms with Gasteiger partial charge in [0, 0.05) is 11.8 Å². The lowest BCUT2D eigenvalue weighted by molar-refractivity contribution is -0.138. The molecule has 0 amide bonds. The number of rotatable bonds is 2. The number of benzene rings is 1. The van der Waals surface area contributed by atoms with Crippen molar-refractivity contribution in [3.8, 4) is 11.6 Å². The number of ether oxygens (including phenoxy) is 1. The molecule has 1 aliphatic rings. The summed E-state index contributed by atoms with van der Waals surface area (Å²) in [6, 6.07) is 1.93. The van der Waals surface area contributed by atoms with Crippen LogP contribution in [0.4, 0.5) is 22.0 Å². The summed E-state index contributed by atoms with van der Waals surface area (Å²) < 4.78 is 75.8. The fourth-order valence-corrected chi connectivity index (χ4v) is 2.38. The van der Waals surface area contributed by atoms with Gasteiger partial charge >= 0.3 is 13.3 Å². The number of nitrogens with zero attached hydrogens (tertiary/aromatic N) is 1. The highest BCUT2D eigenvalue weighted by atomic mass is 19.4. The smallest absolute Gasteiger partial charge is 0.439 e. The number of hydrogen-bond donors (Lipinski definition) is 1. The summed E-state index contributed by atoms with van der Waals surface area (Å²) in [5.41, 5.74) is -1.82. The summed E-state index contributed by atoms with van der Waals surface area (Å²) in [7, 11) is -1.66. The molecule has 4 nitrogen and oxygen atoms in total. The van der Waals surface area contributed by atoms with Gasteiger partial charge in [-0.1, -0.05) is 0 Å². The summed E-state index contributed by atoms with van der Waals surface area (Å²) in [5.74, 6) is -2.73. The highest BCUT2D eigenvalue weighted by Crippen LogP contribution is 2.35. The molecule has 0 bridgehead atoms. The minimum absolute atomic E-state index is 0.137. The molecule has 0 spiro atoms. The Morgan fingerprint density at radius 3 is 2.67 bits per heavy atom. The van der Waals surface area contributed by atoms with Crippen LogP contribution in [0.3, 0.4) is 0 Å². The van der Waals surface area contributed by atoms with Crippen molar-refractivity contribution in [2.75, 3.05) is 0 Å². The van der Waals surface area contributed by atoms with Crippen molar-refractivity contribution in [2.24, 2.45) is 0 Å². The van der Waals surface area contributed by atoms with Gasteiger partial charge < -0.3 is 14.4 Å². The Morgan fingerprint density at radius 2 is 2.00 bits per heavy atom. The molecule has 1 aliphatic heterocycles. The topological polar surface area (TPSA) is 51.6 Å². The van der Waals surface area contributed by atoms with E-state index < -0.39 is 37.1 Å². The van der Waals surface area contributed by atoms with Crippen LogP contribution >= 0.6 is 0 Å². The van der Waals surface area contributed by atoms with Crippen LogP contribution in [0.5, 0.6) is 11.6 Å². The van der Waals surface area contributed by atoms with E-state index in [0.29, 0.717) is 6.20 Å². The maximum atomic E-state index is 13.6. The first-order valence-electron chi connectivity index (χ1n) is 6.71. The molecule has 1 aromatic carbocycles. The quantitative estimate of drug-likeness (QED) is 0.672. The van der Waals surface area contributed by atoms with E-state index >= 15 is 0 Å². The standard InChI is InChI=1S/C14H9BF5NO3/c1-6-10(3-2-9(16)12(6)17)24-13-11-7(5-23-15(11)22)8(4-21-13)14(18,19)20/h2-4,22H,5H2,1H3. The lowest BCUT2D eigenvalue weighted by Gasteiger charge is -2.15. The first kappa shape index (κ1) is 16.7. The number of hydrogen-bond acceptors (Lipinski definition) is 4. The predicted molar refractivity (Wildman–Crippen MR) is 72.8 cm³/mol. The Bertz CT molecular complexity index is 812. The van der Waals surface area contributed by atoms with Gasteiger partial charge in [-0.05, 0) is 24.6 Å². The third-order valence-electron chi connectivity index (χ3n) is 3.63. The number of aromatic nitrogens is 1. The van der Waals surface area contributed by atoms with Crippen molar-refractivity contribution in [1.82, 2.24) is 4.98 Å². The summed E-state index contributed by atoms with van der Waals surface area (Å²) >= 11 is 0. The van der Waals surface area contributed by atoms with Gasteiger partial charge in [-0.3, -0.25) is 0 Å². The molecule has 0 aliphatic carbocycles. The fourth-order valence-electron chi connectivity index (χ4n) is 2.38. The Hall–Kier alpha value is -2.20. The van der Waals surface area contributed by atoms with Gasteiger partial charge in [-0.25, -0.2) is 13.8 Å². The molecule has 0 radical (unpaired) electrons. The van der Waals surface area contributed by atoms with Crippen molar-refractivity contribution in [1.29, 1.82) is 0 Å². The second-order valence-corrected chi connectivity index (χ2v) is 5.12. The largest absolute Gasteiger partial charge is 0.497 e. The maximum Gasteiger partial charge on any atom is 0.497 e.